The lowest BCUT2D eigenvalue weighted by atomic mass is 10.2. The van der Waals surface area contributed by atoms with E-state index in [1.54, 1.807) is 24.3 Å². The molecular formula is C19H20O3. The number of allylic oxidation sites excluding steroid dienone is 2. The van der Waals surface area contributed by atoms with Crippen LogP contribution in [0.3, 0.4) is 0 Å². The fraction of sp³-hybridized carbons (Fsp3) is 0.211. The van der Waals surface area contributed by atoms with Gasteiger partial charge in [-0.05, 0) is 43.2 Å². The van der Waals surface area contributed by atoms with Gasteiger partial charge in [-0.2, -0.15) is 0 Å². The Balaban J connectivity index is 1.81. The van der Waals surface area contributed by atoms with E-state index in [9.17, 15) is 4.79 Å². The number of carbonyl (C=O) groups is 1. The summed E-state index contributed by atoms with van der Waals surface area (Å²) in [6.07, 6.45) is 4.96. The van der Waals surface area contributed by atoms with Gasteiger partial charge in [0.05, 0.1) is 0 Å². The molecule has 2 aromatic carbocycles. The molecule has 3 heteroatoms. The zero-order valence-corrected chi connectivity index (χ0v) is 12.7. The van der Waals surface area contributed by atoms with Crippen molar-refractivity contribution in [3.05, 3.63) is 72.3 Å². The summed E-state index contributed by atoms with van der Waals surface area (Å²) in [7, 11) is 0. The smallest absolute Gasteiger partial charge is 0.311 e. The Morgan fingerprint density at radius 1 is 1.00 bits per heavy atom. The Morgan fingerprint density at radius 2 is 1.68 bits per heavy atom. The molecule has 0 heterocycles. The normalized spacial score (nSPS) is 10.6. The summed E-state index contributed by atoms with van der Waals surface area (Å²) in [6, 6.07) is 17.1. The first-order chi connectivity index (χ1) is 10.8. The third-order valence-corrected chi connectivity index (χ3v) is 3.05. The SMILES string of the molecule is CC=CCCC(=O)Oc1ccc(OCc2ccccc2)cc1. The van der Waals surface area contributed by atoms with E-state index in [-0.39, 0.29) is 5.97 Å². The van der Waals surface area contributed by atoms with Gasteiger partial charge in [-0.25, -0.2) is 0 Å². The first kappa shape index (κ1) is 15.8. The van der Waals surface area contributed by atoms with Crippen LogP contribution in [0.5, 0.6) is 11.5 Å². The van der Waals surface area contributed by atoms with Crippen molar-refractivity contribution in [3.63, 3.8) is 0 Å². The van der Waals surface area contributed by atoms with E-state index in [0.717, 1.165) is 11.3 Å². The first-order valence-corrected chi connectivity index (χ1v) is 7.36. The number of hydrogen-bond donors (Lipinski definition) is 0. The van der Waals surface area contributed by atoms with Crippen molar-refractivity contribution in [1.29, 1.82) is 0 Å². The standard InChI is InChI=1S/C19H20O3/c1-2-3-5-10-19(20)22-18-13-11-17(12-14-18)21-15-16-8-6-4-7-9-16/h2-4,6-9,11-14H,5,10,15H2,1H3. The summed E-state index contributed by atoms with van der Waals surface area (Å²) in [6.45, 7) is 2.45. The van der Waals surface area contributed by atoms with E-state index in [4.69, 9.17) is 9.47 Å². The topological polar surface area (TPSA) is 35.5 Å². The number of carbonyl (C=O) groups excluding carboxylic acids is 1. The molecule has 0 fully saturated rings. The molecule has 2 rings (SSSR count). The molecule has 0 aliphatic carbocycles. The van der Waals surface area contributed by atoms with Crippen LogP contribution in [0, 0.1) is 0 Å². The molecule has 3 nitrogen and oxygen atoms in total. The van der Waals surface area contributed by atoms with Crippen LogP contribution in [0.1, 0.15) is 25.3 Å². The van der Waals surface area contributed by atoms with Gasteiger partial charge in [0.1, 0.15) is 18.1 Å². The second-order valence-electron chi connectivity index (χ2n) is 4.83. The van der Waals surface area contributed by atoms with Gasteiger partial charge in [-0.3, -0.25) is 4.79 Å². The van der Waals surface area contributed by atoms with Gasteiger partial charge in [-0.15, -0.1) is 0 Å². The minimum Gasteiger partial charge on any atom is -0.489 e. The molecule has 0 saturated carbocycles. The number of benzene rings is 2. The van der Waals surface area contributed by atoms with Gasteiger partial charge in [0.25, 0.3) is 0 Å². The fourth-order valence-corrected chi connectivity index (χ4v) is 1.90. The molecule has 114 valence electrons. The van der Waals surface area contributed by atoms with Gasteiger partial charge in [0, 0.05) is 6.42 Å². The van der Waals surface area contributed by atoms with E-state index < -0.39 is 0 Å². The maximum absolute atomic E-state index is 11.6. The van der Waals surface area contributed by atoms with E-state index in [1.807, 2.05) is 49.4 Å². The average Bonchev–Trinajstić information content (AvgIpc) is 2.55. The van der Waals surface area contributed by atoms with Crippen LogP contribution in [0.15, 0.2) is 66.7 Å². The zero-order chi connectivity index (χ0) is 15.6. The molecule has 0 bridgehead atoms. The van der Waals surface area contributed by atoms with Crippen LogP contribution in [0.25, 0.3) is 0 Å². The highest BCUT2D eigenvalue weighted by molar-refractivity contribution is 5.72. The van der Waals surface area contributed by atoms with Crippen LogP contribution >= 0.6 is 0 Å². The zero-order valence-electron chi connectivity index (χ0n) is 12.7. The van der Waals surface area contributed by atoms with Crippen molar-refractivity contribution < 1.29 is 14.3 Å². The van der Waals surface area contributed by atoms with Crippen molar-refractivity contribution in [1.82, 2.24) is 0 Å². The summed E-state index contributed by atoms with van der Waals surface area (Å²) >= 11 is 0. The molecule has 0 aromatic heterocycles. The van der Waals surface area contributed by atoms with Crippen LogP contribution < -0.4 is 9.47 Å². The van der Waals surface area contributed by atoms with Crippen LogP contribution in [-0.2, 0) is 11.4 Å². The molecule has 0 N–H and O–H groups in total. The lowest BCUT2D eigenvalue weighted by Gasteiger charge is -2.07. The molecule has 0 amide bonds. The summed E-state index contributed by atoms with van der Waals surface area (Å²) < 4.78 is 10.9. The summed E-state index contributed by atoms with van der Waals surface area (Å²) in [5, 5.41) is 0. The molecule has 0 unspecified atom stereocenters. The number of hydrogen-bond acceptors (Lipinski definition) is 3. The van der Waals surface area contributed by atoms with Gasteiger partial charge < -0.3 is 9.47 Å². The van der Waals surface area contributed by atoms with E-state index in [1.165, 1.54) is 0 Å². The van der Waals surface area contributed by atoms with Crippen molar-refractivity contribution in [2.24, 2.45) is 0 Å². The highest BCUT2D eigenvalue weighted by Gasteiger charge is 2.04. The Morgan fingerprint density at radius 3 is 2.36 bits per heavy atom. The third-order valence-electron chi connectivity index (χ3n) is 3.05. The fourth-order valence-electron chi connectivity index (χ4n) is 1.90. The molecular weight excluding hydrogens is 276 g/mol. The molecule has 0 saturated heterocycles. The minimum atomic E-state index is -0.226. The Kier molecular flexibility index (Phi) is 6.24. The molecule has 0 aliphatic rings. The minimum absolute atomic E-state index is 0.226. The predicted octanol–water partition coefficient (Wildman–Crippen LogP) is 4.53. The molecule has 0 spiro atoms. The second-order valence-corrected chi connectivity index (χ2v) is 4.83. The summed E-state index contributed by atoms with van der Waals surface area (Å²) in [5.41, 5.74) is 1.11. The Bertz CT molecular complexity index is 600. The van der Waals surface area contributed by atoms with Crippen molar-refractivity contribution in [2.45, 2.75) is 26.4 Å². The Hall–Kier alpha value is -2.55. The largest absolute Gasteiger partial charge is 0.489 e. The average molecular weight is 296 g/mol. The molecule has 0 aliphatic heterocycles. The van der Waals surface area contributed by atoms with Crippen molar-refractivity contribution in [3.8, 4) is 11.5 Å². The van der Waals surface area contributed by atoms with Gasteiger partial charge in [0.2, 0.25) is 0 Å². The van der Waals surface area contributed by atoms with Gasteiger partial charge in [0.15, 0.2) is 0 Å². The van der Waals surface area contributed by atoms with Crippen LogP contribution in [0.4, 0.5) is 0 Å². The van der Waals surface area contributed by atoms with E-state index in [0.29, 0.717) is 25.2 Å². The van der Waals surface area contributed by atoms with Crippen molar-refractivity contribution >= 4 is 5.97 Å². The first-order valence-electron chi connectivity index (χ1n) is 7.36. The number of rotatable bonds is 7. The molecule has 0 atom stereocenters. The maximum Gasteiger partial charge on any atom is 0.311 e. The summed E-state index contributed by atoms with van der Waals surface area (Å²) in [5.74, 6) is 1.06. The van der Waals surface area contributed by atoms with Crippen LogP contribution in [0.2, 0.25) is 0 Å². The summed E-state index contributed by atoms with van der Waals surface area (Å²) in [4.78, 5) is 11.6. The van der Waals surface area contributed by atoms with E-state index >= 15 is 0 Å². The van der Waals surface area contributed by atoms with E-state index in [2.05, 4.69) is 0 Å². The lowest BCUT2D eigenvalue weighted by molar-refractivity contribution is -0.134. The lowest BCUT2D eigenvalue weighted by Crippen LogP contribution is -2.06. The monoisotopic (exact) mass is 296 g/mol. The third kappa shape index (κ3) is 5.44. The van der Waals surface area contributed by atoms with Crippen LogP contribution in [-0.4, -0.2) is 5.97 Å². The molecule has 2 aromatic rings. The molecule has 0 radical (unpaired) electrons. The maximum atomic E-state index is 11.6. The number of ether oxygens (including phenoxy) is 2. The predicted molar refractivity (Wildman–Crippen MR) is 86.9 cm³/mol. The van der Waals surface area contributed by atoms with Gasteiger partial charge in [-0.1, -0.05) is 42.5 Å². The second kappa shape index (κ2) is 8.67. The van der Waals surface area contributed by atoms with Crippen molar-refractivity contribution in [2.75, 3.05) is 0 Å². The highest BCUT2D eigenvalue weighted by atomic mass is 16.5. The Labute approximate surface area is 131 Å². The quantitative estimate of drug-likeness (QED) is 0.428. The molecule has 22 heavy (non-hydrogen) atoms. The van der Waals surface area contributed by atoms with Gasteiger partial charge >= 0.3 is 5.97 Å². The number of esters is 1. The highest BCUT2D eigenvalue weighted by Crippen LogP contribution is 2.19.